The Morgan fingerprint density at radius 3 is 2.46 bits per heavy atom. The maximum absolute atomic E-state index is 12.7. The lowest BCUT2D eigenvalue weighted by Gasteiger charge is -2.07. The van der Waals surface area contributed by atoms with E-state index in [1.165, 1.54) is 37.6 Å². The van der Waals surface area contributed by atoms with Crippen LogP contribution in [0.4, 0.5) is 5.69 Å². The molecule has 9 heteroatoms. The van der Waals surface area contributed by atoms with Gasteiger partial charge in [-0.3, -0.25) is 9.36 Å². The van der Waals surface area contributed by atoms with Crippen molar-refractivity contribution in [2.45, 2.75) is 18.4 Å². The molecule has 0 saturated heterocycles. The third-order valence-electron chi connectivity index (χ3n) is 4.05. The molecule has 0 atom stereocenters. The minimum Gasteiger partial charge on any atom is -0.497 e. The summed E-state index contributed by atoms with van der Waals surface area (Å²) in [5.41, 5.74) is 0.755. The molecule has 0 aliphatic carbocycles. The van der Waals surface area contributed by atoms with Gasteiger partial charge in [0, 0.05) is 18.1 Å². The third kappa shape index (κ3) is 3.99. The molecule has 0 aliphatic heterocycles. The third-order valence-corrected chi connectivity index (χ3v) is 5.71. The van der Waals surface area contributed by atoms with Crippen LogP contribution >= 0.6 is 0 Å². The second-order valence-electron chi connectivity index (χ2n) is 6.10. The van der Waals surface area contributed by atoms with E-state index in [0.717, 1.165) is 16.3 Å². The number of aryl methyl sites for hydroxylation is 1. The van der Waals surface area contributed by atoms with Gasteiger partial charge in [0.1, 0.15) is 12.3 Å². The zero-order valence-electron chi connectivity index (χ0n) is 15.3. The molecule has 3 rings (SSSR count). The summed E-state index contributed by atoms with van der Waals surface area (Å²) in [6.45, 7) is 1.59. The number of benzene rings is 2. The van der Waals surface area contributed by atoms with Crippen LogP contribution in [0.3, 0.4) is 0 Å². The maximum atomic E-state index is 12.7. The summed E-state index contributed by atoms with van der Waals surface area (Å²) in [5.74, 6) is 0.0592. The average molecular weight is 401 g/mol. The Bertz CT molecular complexity index is 1160. The summed E-state index contributed by atoms with van der Waals surface area (Å²) in [5, 5.41) is 2.68. The zero-order chi connectivity index (χ0) is 20.3. The minimum atomic E-state index is -4.08. The Kier molecular flexibility index (Phi) is 5.36. The molecular formula is C19H19N3O5S. The molecule has 0 bridgehead atoms. The van der Waals surface area contributed by atoms with E-state index < -0.39 is 21.6 Å². The van der Waals surface area contributed by atoms with Crippen LogP contribution in [0.5, 0.6) is 5.75 Å². The highest BCUT2D eigenvalue weighted by atomic mass is 32.2. The minimum absolute atomic E-state index is 0.0580. The molecule has 0 saturated carbocycles. The number of imidazole rings is 1. The number of aromatic nitrogens is 2. The van der Waals surface area contributed by atoms with Crippen LogP contribution in [-0.4, -0.2) is 30.0 Å². The first kappa shape index (κ1) is 19.4. The van der Waals surface area contributed by atoms with E-state index in [2.05, 4.69) is 5.32 Å². The normalized spacial score (nSPS) is 11.2. The van der Waals surface area contributed by atoms with Gasteiger partial charge in [-0.15, -0.1) is 0 Å². The van der Waals surface area contributed by atoms with Gasteiger partial charge in [-0.2, -0.15) is 3.97 Å². The van der Waals surface area contributed by atoms with Crippen LogP contribution < -0.4 is 15.7 Å². The van der Waals surface area contributed by atoms with Crippen LogP contribution in [0, 0.1) is 6.92 Å². The molecule has 1 aromatic heterocycles. The van der Waals surface area contributed by atoms with Crippen molar-refractivity contribution < 1.29 is 17.9 Å². The van der Waals surface area contributed by atoms with Crippen molar-refractivity contribution in [1.82, 2.24) is 8.54 Å². The fourth-order valence-electron chi connectivity index (χ4n) is 2.64. The molecule has 1 amide bonds. The quantitative estimate of drug-likeness (QED) is 0.679. The number of amides is 1. The second kappa shape index (κ2) is 7.73. The Morgan fingerprint density at radius 1 is 1.11 bits per heavy atom. The first-order valence-electron chi connectivity index (χ1n) is 8.35. The van der Waals surface area contributed by atoms with Crippen LogP contribution in [0.2, 0.25) is 0 Å². The van der Waals surface area contributed by atoms with E-state index in [4.69, 9.17) is 4.74 Å². The average Bonchev–Trinajstić information content (AvgIpc) is 3.02. The molecule has 2 aromatic carbocycles. The first-order chi connectivity index (χ1) is 13.3. The van der Waals surface area contributed by atoms with Gasteiger partial charge < -0.3 is 10.1 Å². The predicted molar refractivity (Wildman–Crippen MR) is 104 cm³/mol. The number of anilines is 1. The van der Waals surface area contributed by atoms with Gasteiger partial charge in [-0.05, 0) is 48.9 Å². The first-order valence-corrected chi connectivity index (χ1v) is 9.79. The van der Waals surface area contributed by atoms with Crippen LogP contribution in [0.15, 0.2) is 70.6 Å². The number of nitrogens with zero attached hydrogens (tertiary/aromatic N) is 2. The highest BCUT2D eigenvalue weighted by molar-refractivity contribution is 7.90. The summed E-state index contributed by atoms with van der Waals surface area (Å²) < 4.78 is 32.0. The van der Waals surface area contributed by atoms with Crippen molar-refractivity contribution in [2.75, 3.05) is 12.4 Å². The summed E-state index contributed by atoms with van der Waals surface area (Å²) in [6.07, 6.45) is 2.39. The molecule has 28 heavy (non-hydrogen) atoms. The lowest BCUT2D eigenvalue weighted by Crippen LogP contribution is -2.32. The van der Waals surface area contributed by atoms with Crippen molar-refractivity contribution in [3.8, 4) is 5.75 Å². The van der Waals surface area contributed by atoms with Gasteiger partial charge in [0.25, 0.3) is 10.0 Å². The number of methoxy groups -OCH3 is 1. The number of nitrogens with one attached hydrogen (secondary N) is 1. The number of carbonyl (C=O) groups is 1. The fraction of sp³-hybridized carbons (Fsp3) is 0.158. The Balaban J connectivity index is 1.81. The van der Waals surface area contributed by atoms with Gasteiger partial charge in [-0.1, -0.05) is 12.1 Å². The lowest BCUT2D eigenvalue weighted by molar-refractivity contribution is -0.116. The molecule has 0 fully saturated rings. The Hall–Kier alpha value is -3.33. The van der Waals surface area contributed by atoms with Crippen LogP contribution in [0.25, 0.3) is 0 Å². The van der Waals surface area contributed by atoms with Crippen molar-refractivity contribution >= 4 is 21.6 Å². The molecule has 1 heterocycles. The van der Waals surface area contributed by atoms with Crippen LogP contribution in [-0.2, 0) is 21.4 Å². The van der Waals surface area contributed by atoms with Crippen molar-refractivity contribution in [3.63, 3.8) is 0 Å². The summed E-state index contributed by atoms with van der Waals surface area (Å²) in [4.78, 5) is 24.6. The fourth-order valence-corrected chi connectivity index (χ4v) is 3.87. The number of hydrogen-bond donors (Lipinski definition) is 1. The number of hydrogen-bond acceptors (Lipinski definition) is 5. The van der Waals surface area contributed by atoms with E-state index in [9.17, 15) is 18.0 Å². The van der Waals surface area contributed by atoms with E-state index in [-0.39, 0.29) is 11.4 Å². The van der Waals surface area contributed by atoms with Gasteiger partial charge in [0.05, 0.1) is 12.0 Å². The van der Waals surface area contributed by atoms with E-state index in [1.54, 1.807) is 18.2 Å². The van der Waals surface area contributed by atoms with Gasteiger partial charge in [-0.25, -0.2) is 13.2 Å². The molecule has 3 aromatic rings. The van der Waals surface area contributed by atoms with E-state index >= 15 is 0 Å². The molecule has 0 aliphatic rings. The van der Waals surface area contributed by atoms with E-state index in [1.807, 2.05) is 13.0 Å². The largest absolute Gasteiger partial charge is 0.497 e. The standard InChI is InChI=1S/C19H19N3O5S/c1-14-4-3-5-15(12-14)20-18(23)13-21-10-11-22(19(21)24)28(25,26)17-8-6-16(27-2)7-9-17/h3-12H,13H2,1-2H3,(H,20,23). The van der Waals surface area contributed by atoms with Crippen molar-refractivity contribution in [3.05, 3.63) is 77.0 Å². The smallest absolute Gasteiger partial charge is 0.342 e. The molecule has 1 N–H and O–H groups in total. The summed E-state index contributed by atoms with van der Waals surface area (Å²) in [7, 11) is -2.61. The van der Waals surface area contributed by atoms with E-state index in [0.29, 0.717) is 15.4 Å². The summed E-state index contributed by atoms with van der Waals surface area (Å²) >= 11 is 0. The second-order valence-corrected chi connectivity index (χ2v) is 7.92. The molecule has 0 spiro atoms. The highest BCUT2D eigenvalue weighted by Gasteiger charge is 2.21. The Labute approximate surface area is 162 Å². The van der Waals surface area contributed by atoms with Crippen molar-refractivity contribution in [1.29, 1.82) is 0 Å². The SMILES string of the molecule is COc1ccc(S(=O)(=O)n2ccn(CC(=O)Nc3cccc(C)c3)c2=O)cc1. The zero-order valence-corrected chi connectivity index (χ0v) is 16.1. The number of rotatable bonds is 6. The van der Waals surface area contributed by atoms with Gasteiger partial charge >= 0.3 is 5.69 Å². The topological polar surface area (TPSA) is 99.4 Å². The molecule has 8 nitrogen and oxygen atoms in total. The highest BCUT2D eigenvalue weighted by Crippen LogP contribution is 2.17. The van der Waals surface area contributed by atoms with Gasteiger partial charge in [0.15, 0.2) is 0 Å². The molecular weight excluding hydrogens is 382 g/mol. The maximum Gasteiger partial charge on any atom is 0.342 e. The predicted octanol–water partition coefficient (Wildman–Crippen LogP) is 1.84. The molecule has 146 valence electrons. The van der Waals surface area contributed by atoms with Crippen LogP contribution in [0.1, 0.15) is 5.56 Å². The number of ether oxygens (including phenoxy) is 1. The lowest BCUT2D eigenvalue weighted by atomic mass is 10.2. The number of carbonyl (C=O) groups excluding carboxylic acids is 1. The van der Waals surface area contributed by atoms with Gasteiger partial charge in [0.2, 0.25) is 5.91 Å². The van der Waals surface area contributed by atoms with Crippen molar-refractivity contribution in [2.24, 2.45) is 0 Å². The summed E-state index contributed by atoms with van der Waals surface area (Å²) in [6, 6.07) is 12.9. The molecule has 0 radical (unpaired) electrons. The monoisotopic (exact) mass is 401 g/mol. The molecule has 0 unspecified atom stereocenters. The Morgan fingerprint density at radius 2 is 1.82 bits per heavy atom.